The van der Waals surface area contributed by atoms with E-state index >= 15 is 0 Å². The number of hydrogen-bond donors (Lipinski definition) is 0. The number of aliphatic imine (C=N–C) groups is 1. The van der Waals surface area contributed by atoms with Crippen LogP contribution < -0.4 is 14.2 Å². The molecule has 1 atom stereocenters. The summed E-state index contributed by atoms with van der Waals surface area (Å²) in [6.45, 7) is 2.37. The van der Waals surface area contributed by atoms with Crippen LogP contribution in [0.4, 0.5) is 0 Å². The molecule has 1 aromatic carbocycles. The van der Waals surface area contributed by atoms with Crippen LogP contribution in [0.25, 0.3) is 0 Å². The first-order valence-electron chi connectivity index (χ1n) is 5.86. The van der Waals surface area contributed by atoms with E-state index in [4.69, 9.17) is 14.2 Å². The molecule has 0 saturated carbocycles. The fraction of sp³-hybridized carbons (Fsp3) is 0.462. The lowest BCUT2D eigenvalue weighted by Gasteiger charge is -2.22. The molecule has 0 radical (unpaired) electrons. The van der Waals surface area contributed by atoms with Crippen LogP contribution in [0, 0.1) is 0 Å². The number of thioether (sulfide) groups is 1. The zero-order valence-electron chi connectivity index (χ0n) is 10.6. The van der Waals surface area contributed by atoms with E-state index in [0.29, 0.717) is 11.8 Å². The molecule has 0 bridgehead atoms. The highest BCUT2D eigenvalue weighted by molar-refractivity contribution is 8.13. The molecule has 1 unspecified atom stereocenters. The number of hydrogen-bond acceptors (Lipinski definition) is 5. The van der Waals surface area contributed by atoms with Gasteiger partial charge in [0.2, 0.25) is 12.5 Å². The monoisotopic (exact) mass is 265 g/mol. The molecule has 0 saturated heterocycles. The van der Waals surface area contributed by atoms with Gasteiger partial charge in [0.15, 0.2) is 11.5 Å². The van der Waals surface area contributed by atoms with Crippen molar-refractivity contribution in [2.45, 2.75) is 19.4 Å². The lowest BCUT2D eigenvalue weighted by molar-refractivity contribution is 0.171. The minimum absolute atomic E-state index is 0.249. The Morgan fingerprint density at radius 3 is 2.89 bits per heavy atom. The topological polar surface area (TPSA) is 40.0 Å². The van der Waals surface area contributed by atoms with Crippen LogP contribution in [0.15, 0.2) is 11.1 Å². The molecule has 2 aliphatic heterocycles. The molecule has 0 fully saturated rings. The van der Waals surface area contributed by atoms with Gasteiger partial charge >= 0.3 is 0 Å². The van der Waals surface area contributed by atoms with Crippen molar-refractivity contribution in [3.63, 3.8) is 0 Å². The Morgan fingerprint density at radius 1 is 1.39 bits per heavy atom. The molecule has 0 aliphatic carbocycles. The van der Waals surface area contributed by atoms with E-state index in [1.807, 2.05) is 12.3 Å². The lowest BCUT2D eigenvalue weighted by Crippen LogP contribution is -2.17. The quantitative estimate of drug-likeness (QED) is 0.782. The third-order valence-corrected chi connectivity index (χ3v) is 3.87. The summed E-state index contributed by atoms with van der Waals surface area (Å²) < 4.78 is 16.5. The maximum atomic E-state index is 5.61. The molecule has 0 aromatic heterocycles. The minimum Gasteiger partial charge on any atom is -0.493 e. The summed E-state index contributed by atoms with van der Waals surface area (Å²) in [4.78, 5) is 4.68. The summed E-state index contributed by atoms with van der Waals surface area (Å²) in [6.07, 6.45) is 2.94. The molecular formula is C13H15NO3S. The summed E-state index contributed by atoms with van der Waals surface area (Å²) in [6, 6.07) is 2.34. The fourth-order valence-corrected chi connectivity index (χ4v) is 3.13. The van der Waals surface area contributed by atoms with Crippen LogP contribution in [0.2, 0.25) is 0 Å². The van der Waals surface area contributed by atoms with Crippen molar-refractivity contribution < 1.29 is 14.2 Å². The second-order valence-electron chi connectivity index (χ2n) is 4.37. The summed E-state index contributed by atoms with van der Waals surface area (Å²) in [7, 11) is 1.65. The molecular weight excluding hydrogens is 250 g/mol. The van der Waals surface area contributed by atoms with Crippen molar-refractivity contribution in [2.75, 3.05) is 20.2 Å². The Morgan fingerprint density at radius 2 is 2.17 bits per heavy atom. The van der Waals surface area contributed by atoms with E-state index in [0.717, 1.165) is 28.5 Å². The van der Waals surface area contributed by atoms with Crippen molar-refractivity contribution in [1.82, 2.24) is 0 Å². The van der Waals surface area contributed by atoms with Crippen LogP contribution in [0.1, 0.15) is 18.1 Å². The van der Waals surface area contributed by atoms with Gasteiger partial charge in [0.25, 0.3) is 0 Å². The standard InChI is InChI=1S/C13H15NO3S/c1-7-4-8-5-9(15-2)11-12(17-6-16-11)10(8)13(14-7)18-3/h5,7H,4,6H2,1-3H3. The van der Waals surface area contributed by atoms with E-state index in [2.05, 4.69) is 11.9 Å². The summed E-state index contributed by atoms with van der Waals surface area (Å²) >= 11 is 1.65. The Bertz CT molecular complexity index is 527. The predicted octanol–water partition coefficient (Wildman–Crippen LogP) is 2.48. The minimum atomic E-state index is 0.249. The third-order valence-electron chi connectivity index (χ3n) is 3.17. The molecule has 1 aromatic rings. The average molecular weight is 265 g/mol. The number of nitrogens with zero attached hydrogens (tertiary/aromatic N) is 1. The Kier molecular flexibility index (Phi) is 2.86. The van der Waals surface area contributed by atoms with E-state index in [-0.39, 0.29) is 6.79 Å². The van der Waals surface area contributed by atoms with Crippen LogP contribution in [-0.2, 0) is 6.42 Å². The molecule has 18 heavy (non-hydrogen) atoms. The van der Waals surface area contributed by atoms with Gasteiger partial charge < -0.3 is 14.2 Å². The highest BCUT2D eigenvalue weighted by Gasteiger charge is 2.31. The second kappa shape index (κ2) is 4.39. The molecule has 96 valence electrons. The average Bonchev–Trinajstić information content (AvgIpc) is 2.85. The van der Waals surface area contributed by atoms with Crippen molar-refractivity contribution in [3.05, 3.63) is 17.2 Å². The molecule has 0 amide bonds. The first kappa shape index (κ1) is 11.7. The number of rotatable bonds is 1. The zero-order valence-corrected chi connectivity index (χ0v) is 11.5. The molecule has 2 aliphatic rings. The number of ether oxygens (including phenoxy) is 3. The van der Waals surface area contributed by atoms with Gasteiger partial charge in [-0.2, -0.15) is 0 Å². The largest absolute Gasteiger partial charge is 0.493 e. The lowest BCUT2D eigenvalue weighted by atomic mass is 9.97. The maximum absolute atomic E-state index is 5.61. The van der Waals surface area contributed by atoms with Crippen LogP contribution in [0.5, 0.6) is 17.2 Å². The van der Waals surface area contributed by atoms with Gasteiger partial charge in [0.1, 0.15) is 5.04 Å². The summed E-state index contributed by atoms with van der Waals surface area (Å²) in [5.41, 5.74) is 2.30. The van der Waals surface area contributed by atoms with Crippen LogP contribution in [0.3, 0.4) is 0 Å². The molecule has 4 nitrogen and oxygen atoms in total. The van der Waals surface area contributed by atoms with Crippen molar-refractivity contribution in [3.8, 4) is 17.2 Å². The van der Waals surface area contributed by atoms with Gasteiger partial charge in [0.05, 0.1) is 18.7 Å². The molecule has 5 heteroatoms. The van der Waals surface area contributed by atoms with Gasteiger partial charge in [-0.15, -0.1) is 11.8 Å². The highest BCUT2D eigenvalue weighted by Crippen LogP contribution is 2.47. The Labute approximate surface area is 110 Å². The van der Waals surface area contributed by atoms with Crippen molar-refractivity contribution >= 4 is 16.8 Å². The van der Waals surface area contributed by atoms with Crippen LogP contribution >= 0.6 is 11.8 Å². The summed E-state index contributed by atoms with van der Waals surface area (Å²) in [5, 5.41) is 1.02. The van der Waals surface area contributed by atoms with Gasteiger partial charge in [-0.3, -0.25) is 4.99 Å². The van der Waals surface area contributed by atoms with Gasteiger partial charge in [0, 0.05) is 0 Å². The van der Waals surface area contributed by atoms with Crippen molar-refractivity contribution in [2.24, 2.45) is 4.99 Å². The molecule has 0 spiro atoms. The number of fused-ring (bicyclic) bond motifs is 3. The van der Waals surface area contributed by atoms with Gasteiger partial charge in [-0.1, -0.05) is 0 Å². The van der Waals surface area contributed by atoms with Gasteiger partial charge in [-0.05, 0) is 31.2 Å². The fourth-order valence-electron chi connectivity index (χ4n) is 2.42. The zero-order chi connectivity index (χ0) is 12.7. The summed E-state index contributed by atoms with van der Waals surface area (Å²) in [5.74, 6) is 2.23. The van der Waals surface area contributed by atoms with E-state index in [1.165, 1.54) is 5.56 Å². The molecule has 0 N–H and O–H groups in total. The van der Waals surface area contributed by atoms with Gasteiger partial charge in [-0.25, -0.2) is 0 Å². The van der Waals surface area contributed by atoms with Crippen molar-refractivity contribution in [1.29, 1.82) is 0 Å². The smallest absolute Gasteiger partial charge is 0.231 e. The highest BCUT2D eigenvalue weighted by atomic mass is 32.2. The molecule has 3 rings (SSSR count). The van der Waals surface area contributed by atoms with Crippen LogP contribution in [-0.4, -0.2) is 31.2 Å². The van der Waals surface area contributed by atoms with E-state index < -0.39 is 0 Å². The third kappa shape index (κ3) is 1.65. The second-order valence-corrected chi connectivity index (χ2v) is 5.16. The Balaban J connectivity index is 2.23. The Hall–Kier alpha value is -1.36. The predicted molar refractivity (Wildman–Crippen MR) is 72.3 cm³/mol. The van der Waals surface area contributed by atoms with E-state index in [1.54, 1.807) is 18.9 Å². The SMILES string of the molecule is COc1cc2c(c3c1OCO3)C(SC)=NC(C)C2. The first-order valence-corrected chi connectivity index (χ1v) is 7.08. The molecule has 2 heterocycles. The normalized spacial score (nSPS) is 20.4. The maximum Gasteiger partial charge on any atom is 0.231 e. The van der Waals surface area contributed by atoms with E-state index in [9.17, 15) is 0 Å². The number of methoxy groups -OCH3 is 1. The number of benzene rings is 1. The first-order chi connectivity index (χ1) is 8.74.